The van der Waals surface area contributed by atoms with Crippen LogP contribution < -0.4 is 10.5 Å². The van der Waals surface area contributed by atoms with E-state index in [4.69, 9.17) is 10.5 Å². The van der Waals surface area contributed by atoms with Crippen LogP contribution in [0.4, 0.5) is 0 Å². The number of halogens is 1. The summed E-state index contributed by atoms with van der Waals surface area (Å²) >= 11 is 3.48. The molecule has 0 aliphatic heterocycles. The normalized spacial score (nSPS) is 10.2. The molecule has 0 fully saturated rings. The van der Waals surface area contributed by atoms with Gasteiger partial charge in [-0.1, -0.05) is 36.4 Å². The smallest absolute Gasteiger partial charge is 0.134 e. The molecule has 0 amide bonds. The van der Waals surface area contributed by atoms with Crippen LogP contribution in [0.3, 0.4) is 0 Å². The third-order valence-electron chi connectivity index (χ3n) is 2.47. The zero-order valence-electron chi connectivity index (χ0n) is 9.40. The maximum absolute atomic E-state index is 5.73. The molecule has 0 heterocycles. The SMILES string of the molecule is NCc1ccc(OCc2ccccc2)c(Br)c1. The molecule has 0 unspecified atom stereocenters. The Hall–Kier alpha value is -1.32. The molecule has 0 radical (unpaired) electrons. The molecule has 17 heavy (non-hydrogen) atoms. The molecule has 0 saturated carbocycles. The third-order valence-corrected chi connectivity index (χ3v) is 3.09. The van der Waals surface area contributed by atoms with Gasteiger partial charge in [-0.05, 0) is 39.2 Å². The molecule has 2 rings (SSSR count). The van der Waals surface area contributed by atoms with Gasteiger partial charge < -0.3 is 10.5 Å². The predicted octanol–water partition coefficient (Wildman–Crippen LogP) is 3.49. The van der Waals surface area contributed by atoms with Gasteiger partial charge in [-0.3, -0.25) is 0 Å². The molecule has 0 atom stereocenters. The molecular weight excluding hydrogens is 278 g/mol. The fourth-order valence-electron chi connectivity index (χ4n) is 1.52. The average Bonchev–Trinajstić information content (AvgIpc) is 2.38. The molecule has 88 valence electrons. The van der Waals surface area contributed by atoms with E-state index in [0.717, 1.165) is 21.3 Å². The number of rotatable bonds is 4. The number of hydrogen-bond donors (Lipinski definition) is 1. The highest BCUT2D eigenvalue weighted by Gasteiger charge is 2.02. The Bertz CT molecular complexity index is 485. The second-order valence-electron chi connectivity index (χ2n) is 3.74. The van der Waals surface area contributed by atoms with Gasteiger partial charge in [-0.25, -0.2) is 0 Å². The molecule has 0 spiro atoms. The minimum Gasteiger partial charge on any atom is -0.488 e. The summed E-state index contributed by atoms with van der Waals surface area (Å²) in [7, 11) is 0. The molecule has 2 aromatic carbocycles. The molecule has 0 saturated heterocycles. The van der Waals surface area contributed by atoms with Gasteiger partial charge in [0.2, 0.25) is 0 Å². The first-order chi connectivity index (χ1) is 8.29. The Morgan fingerprint density at radius 3 is 2.41 bits per heavy atom. The van der Waals surface area contributed by atoms with E-state index in [1.807, 2.05) is 48.5 Å². The van der Waals surface area contributed by atoms with Crippen LogP contribution in [-0.4, -0.2) is 0 Å². The number of benzene rings is 2. The highest BCUT2D eigenvalue weighted by Crippen LogP contribution is 2.26. The Morgan fingerprint density at radius 2 is 1.76 bits per heavy atom. The summed E-state index contributed by atoms with van der Waals surface area (Å²) in [6.45, 7) is 1.11. The number of hydrogen-bond acceptors (Lipinski definition) is 2. The van der Waals surface area contributed by atoms with E-state index < -0.39 is 0 Å². The lowest BCUT2D eigenvalue weighted by Gasteiger charge is -2.09. The van der Waals surface area contributed by atoms with Crippen molar-refractivity contribution in [2.75, 3.05) is 0 Å². The summed E-state index contributed by atoms with van der Waals surface area (Å²) in [4.78, 5) is 0. The van der Waals surface area contributed by atoms with E-state index in [0.29, 0.717) is 13.2 Å². The van der Waals surface area contributed by atoms with Crippen molar-refractivity contribution in [1.82, 2.24) is 0 Å². The molecule has 2 N–H and O–H groups in total. The van der Waals surface area contributed by atoms with Crippen LogP contribution in [0.5, 0.6) is 5.75 Å². The van der Waals surface area contributed by atoms with Crippen molar-refractivity contribution in [1.29, 1.82) is 0 Å². The fraction of sp³-hybridized carbons (Fsp3) is 0.143. The fourth-order valence-corrected chi connectivity index (χ4v) is 2.06. The van der Waals surface area contributed by atoms with Crippen molar-refractivity contribution in [3.63, 3.8) is 0 Å². The highest BCUT2D eigenvalue weighted by atomic mass is 79.9. The van der Waals surface area contributed by atoms with Crippen molar-refractivity contribution in [2.45, 2.75) is 13.2 Å². The largest absolute Gasteiger partial charge is 0.488 e. The van der Waals surface area contributed by atoms with E-state index in [2.05, 4.69) is 15.9 Å². The second kappa shape index (κ2) is 5.84. The molecule has 0 aliphatic carbocycles. The number of nitrogens with two attached hydrogens (primary N) is 1. The molecule has 2 nitrogen and oxygen atoms in total. The summed E-state index contributed by atoms with van der Waals surface area (Å²) in [5.41, 5.74) is 7.81. The highest BCUT2D eigenvalue weighted by molar-refractivity contribution is 9.10. The summed E-state index contributed by atoms with van der Waals surface area (Å²) < 4.78 is 6.68. The average molecular weight is 292 g/mol. The van der Waals surface area contributed by atoms with Gasteiger partial charge in [0.1, 0.15) is 12.4 Å². The van der Waals surface area contributed by atoms with E-state index in [-0.39, 0.29) is 0 Å². The first kappa shape index (κ1) is 12.1. The molecule has 0 bridgehead atoms. The van der Waals surface area contributed by atoms with Gasteiger partial charge in [0.25, 0.3) is 0 Å². The maximum atomic E-state index is 5.73. The lowest BCUT2D eigenvalue weighted by molar-refractivity contribution is 0.304. The van der Waals surface area contributed by atoms with Crippen LogP contribution in [0.25, 0.3) is 0 Å². The van der Waals surface area contributed by atoms with Crippen LogP contribution >= 0.6 is 15.9 Å². The van der Waals surface area contributed by atoms with Crippen LogP contribution in [0.15, 0.2) is 53.0 Å². The minimum absolute atomic E-state index is 0.539. The zero-order chi connectivity index (χ0) is 12.1. The first-order valence-corrected chi connectivity index (χ1v) is 6.24. The molecule has 0 aliphatic rings. The summed E-state index contributed by atoms with van der Waals surface area (Å²) in [5, 5.41) is 0. The predicted molar refractivity (Wildman–Crippen MR) is 72.8 cm³/mol. The molecule has 2 aromatic rings. The number of ether oxygens (including phenoxy) is 1. The third kappa shape index (κ3) is 3.32. The summed E-state index contributed by atoms with van der Waals surface area (Å²) in [6.07, 6.45) is 0. The minimum atomic E-state index is 0.539. The first-order valence-electron chi connectivity index (χ1n) is 5.45. The Labute approximate surface area is 110 Å². The van der Waals surface area contributed by atoms with Crippen molar-refractivity contribution >= 4 is 15.9 Å². The quantitative estimate of drug-likeness (QED) is 0.936. The van der Waals surface area contributed by atoms with E-state index in [9.17, 15) is 0 Å². The van der Waals surface area contributed by atoms with Crippen LogP contribution in [0.1, 0.15) is 11.1 Å². The lowest BCUT2D eigenvalue weighted by Crippen LogP contribution is -1.98. The second-order valence-corrected chi connectivity index (χ2v) is 4.60. The Morgan fingerprint density at radius 1 is 1.00 bits per heavy atom. The van der Waals surface area contributed by atoms with Crippen LogP contribution in [0.2, 0.25) is 0 Å². The Kier molecular flexibility index (Phi) is 4.18. The van der Waals surface area contributed by atoms with Crippen LogP contribution in [0, 0.1) is 0 Å². The van der Waals surface area contributed by atoms with Crippen molar-refractivity contribution < 1.29 is 4.74 Å². The molecular formula is C14H14BrNO. The van der Waals surface area contributed by atoms with Gasteiger partial charge in [0.05, 0.1) is 4.47 Å². The Balaban J connectivity index is 2.04. The van der Waals surface area contributed by atoms with Gasteiger partial charge in [-0.2, -0.15) is 0 Å². The summed E-state index contributed by atoms with van der Waals surface area (Å²) in [6, 6.07) is 16.0. The molecule has 3 heteroatoms. The van der Waals surface area contributed by atoms with Crippen molar-refractivity contribution in [3.8, 4) is 5.75 Å². The zero-order valence-corrected chi connectivity index (χ0v) is 11.0. The van der Waals surface area contributed by atoms with Gasteiger partial charge in [0.15, 0.2) is 0 Å². The van der Waals surface area contributed by atoms with Crippen LogP contribution in [-0.2, 0) is 13.2 Å². The topological polar surface area (TPSA) is 35.2 Å². The van der Waals surface area contributed by atoms with Gasteiger partial charge in [-0.15, -0.1) is 0 Å². The van der Waals surface area contributed by atoms with Crippen molar-refractivity contribution in [2.24, 2.45) is 5.73 Å². The standard InChI is InChI=1S/C14H14BrNO/c15-13-8-12(9-16)6-7-14(13)17-10-11-4-2-1-3-5-11/h1-8H,9-10,16H2. The monoisotopic (exact) mass is 291 g/mol. The summed E-state index contributed by atoms with van der Waals surface area (Å²) in [5.74, 6) is 0.839. The van der Waals surface area contributed by atoms with Gasteiger partial charge >= 0.3 is 0 Å². The van der Waals surface area contributed by atoms with E-state index in [1.165, 1.54) is 0 Å². The van der Waals surface area contributed by atoms with Gasteiger partial charge in [0, 0.05) is 6.54 Å². The lowest BCUT2D eigenvalue weighted by atomic mass is 10.2. The van der Waals surface area contributed by atoms with E-state index >= 15 is 0 Å². The van der Waals surface area contributed by atoms with E-state index in [1.54, 1.807) is 0 Å². The van der Waals surface area contributed by atoms with Crippen molar-refractivity contribution in [3.05, 3.63) is 64.1 Å². The molecule has 0 aromatic heterocycles. The maximum Gasteiger partial charge on any atom is 0.134 e.